The van der Waals surface area contributed by atoms with Crippen LogP contribution in [0.4, 0.5) is 11.4 Å². The highest BCUT2D eigenvalue weighted by Crippen LogP contribution is 2.63. The lowest BCUT2D eigenvalue weighted by Gasteiger charge is -2.14. The number of rotatable bonds is 11. The van der Waals surface area contributed by atoms with Gasteiger partial charge in [0.2, 0.25) is 0 Å². The number of imidazole rings is 1. The number of phosphoric acid groups is 2. The molecule has 0 bridgehead atoms. The van der Waals surface area contributed by atoms with Crippen molar-refractivity contribution in [3.63, 3.8) is 0 Å². The first-order chi connectivity index (χ1) is 16.2. The lowest BCUT2D eigenvalue weighted by atomic mass is 10.2. The van der Waals surface area contributed by atoms with E-state index in [2.05, 4.69) is 22.8 Å². The van der Waals surface area contributed by atoms with Crippen molar-refractivity contribution < 1.29 is 66.2 Å². The second kappa shape index (κ2) is 10.4. The molecule has 1 aromatic carbocycles. The Morgan fingerprint density at radius 1 is 1.20 bits per heavy atom. The Morgan fingerprint density at radius 3 is 2.43 bits per heavy atom. The van der Waals surface area contributed by atoms with Gasteiger partial charge in [0.25, 0.3) is 0 Å². The van der Waals surface area contributed by atoms with Gasteiger partial charge in [-0.2, -0.15) is 4.31 Å². The van der Waals surface area contributed by atoms with Gasteiger partial charge in [-0.1, -0.05) is 0 Å². The fourth-order valence-electron chi connectivity index (χ4n) is 3.01. The number of ether oxygens (including phenoxy) is 1. The Hall–Kier alpha value is -2.31. The third-order valence-corrected chi connectivity index (χ3v) is 7.98. The average Bonchev–Trinajstić information content (AvgIpc) is 3.32. The highest BCUT2D eigenvalue weighted by atomic mass is 31.3. The van der Waals surface area contributed by atoms with Crippen molar-refractivity contribution in [3.8, 4) is 0 Å². The zero-order valence-electron chi connectivity index (χ0n) is 16.7. The topological polar surface area (TPSA) is 282 Å². The van der Waals surface area contributed by atoms with E-state index in [9.17, 15) is 43.9 Å². The average molecular weight is 563 g/mol. The minimum atomic E-state index is -5.49. The molecule has 1 aliphatic heterocycles. The summed E-state index contributed by atoms with van der Waals surface area (Å²) in [6.07, 6.45) is -2.45. The number of aliphatic hydroxyl groups is 1. The van der Waals surface area contributed by atoms with E-state index in [1.54, 1.807) is 0 Å². The summed E-state index contributed by atoms with van der Waals surface area (Å²) in [6.45, 7) is -0.696. The van der Waals surface area contributed by atoms with Crippen LogP contribution in [-0.2, 0) is 36.3 Å². The molecule has 1 aromatic heterocycles. The lowest BCUT2D eigenvalue weighted by Crippen LogP contribution is -2.25. The fourth-order valence-corrected chi connectivity index (χ4v) is 5.69. The molecule has 0 aliphatic carbocycles. The van der Waals surface area contributed by atoms with Gasteiger partial charge in [0.05, 0.1) is 39.4 Å². The standard InChI is InChI=1S/C12H13N4O16P3/c17-10-3-12(14-5-13-6-1-8(15(18)19)9(16(20)21)2-7(6)14)29-11(10)4-28-33(23)31-35(26,27)32-34(24,25)30-22/h1-2,5,10-12,17H,3-4H2,(H2-,22,24,25,26,27)/p+1/t10-,11+,12+/m0/s1. The third-order valence-electron chi connectivity index (χ3n) is 4.40. The summed E-state index contributed by atoms with van der Waals surface area (Å²) in [5, 5.41) is 40.6. The Labute approximate surface area is 193 Å². The molecule has 1 aliphatic rings. The number of aliphatic hydroxyl groups excluding tert-OH is 1. The molecule has 2 heterocycles. The van der Waals surface area contributed by atoms with Gasteiger partial charge in [0.15, 0.2) is 0 Å². The molecular weight excluding hydrogens is 549 g/mol. The predicted octanol–water partition coefficient (Wildman–Crippen LogP) is 1.90. The molecule has 6 atom stereocenters. The van der Waals surface area contributed by atoms with E-state index in [-0.39, 0.29) is 17.5 Å². The van der Waals surface area contributed by atoms with Gasteiger partial charge in [0, 0.05) is 17.1 Å². The number of nitrogens with zero attached hydrogens (tertiary/aromatic N) is 4. The Morgan fingerprint density at radius 2 is 1.83 bits per heavy atom. The zero-order chi connectivity index (χ0) is 26.1. The van der Waals surface area contributed by atoms with Crippen LogP contribution in [0.15, 0.2) is 18.5 Å². The van der Waals surface area contributed by atoms with Crippen LogP contribution in [0.2, 0.25) is 0 Å². The molecule has 0 spiro atoms. The summed E-state index contributed by atoms with van der Waals surface area (Å²) in [7, 11) is -14.4. The summed E-state index contributed by atoms with van der Waals surface area (Å²) < 4.78 is 56.1. The fraction of sp³-hybridized carbons (Fsp3) is 0.417. The molecule has 35 heavy (non-hydrogen) atoms. The van der Waals surface area contributed by atoms with E-state index >= 15 is 0 Å². The van der Waals surface area contributed by atoms with Crippen molar-refractivity contribution in [1.29, 1.82) is 0 Å². The van der Waals surface area contributed by atoms with Crippen LogP contribution in [0.1, 0.15) is 12.6 Å². The summed E-state index contributed by atoms with van der Waals surface area (Å²) in [6, 6.07) is 1.82. The number of aromatic nitrogens is 2. The van der Waals surface area contributed by atoms with Gasteiger partial charge < -0.3 is 19.3 Å². The maximum absolute atomic E-state index is 11.7. The van der Waals surface area contributed by atoms with Crippen molar-refractivity contribution in [3.05, 3.63) is 38.7 Å². The summed E-state index contributed by atoms with van der Waals surface area (Å²) in [5.41, 5.74) is -1.47. The molecule has 0 amide bonds. The van der Waals surface area contributed by atoms with Crippen LogP contribution in [0.3, 0.4) is 0 Å². The molecule has 1 fully saturated rings. The minimum absolute atomic E-state index is 0.0308. The van der Waals surface area contributed by atoms with Gasteiger partial charge >= 0.3 is 35.3 Å². The molecular formula is C12H14N4O16P3+. The quantitative estimate of drug-likeness (QED) is 0.131. The molecule has 1 saturated heterocycles. The van der Waals surface area contributed by atoms with E-state index in [0.717, 1.165) is 18.5 Å². The SMILES string of the molecule is O=[N+]([O-])c1cc2ncn([C@H]3C[C@H](O)[C@@H](CO[P+](=O)OP(=O)(O)OP(=O)(O)OO)O3)c2cc1[N+](=O)[O-]. The molecule has 20 nitrogen and oxygen atoms in total. The van der Waals surface area contributed by atoms with Gasteiger partial charge in [0.1, 0.15) is 18.9 Å². The molecule has 4 N–H and O–H groups in total. The van der Waals surface area contributed by atoms with Crippen LogP contribution in [-0.4, -0.2) is 58.4 Å². The number of fused-ring (bicyclic) bond motifs is 1. The highest BCUT2D eigenvalue weighted by molar-refractivity contribution is 7.64. The van der Waals surface area contributed by atoms with E-state index in [4.69, 9.17) is 14.9 Å². The summed E-state index contributed by atoms with van der Waals surface area (Å²) in [5.74, 6) is 0. The van der Waals surface area contributed by atoms with Crippen LogP contribution in [0.5, 0.6) is 0 Å². The van der Waals surface area contributed by atoms with Crippen molar-refractivity contribution in [2.45, 2.75) is 24.9 Å². The Bertz CT molecular complexity index is 1270. The largest absolute Gasteiger partial charge is 0.708 e. The molecule has 0 saturated carbocycles. The van der Waals surface area contributed by atoms with Crippen LogP contribution >= 0.6 is 23.9 Å². The normalized spacial score (nSPS) is 24.1. The molecule has 2 aromatic rings. The highest BCUT2D eigenvalue weighted by Gasteiger charge is 2.46. The molecule has 192 valence electrons. The van der Waals surface area contributed by atoms with Gasteiger partial charge in [-0.15, -0.1) is 9.20 Å². The molecule has 0 radical (unpaired) electrons. The Kier molecular flexibility index (Phi) is 8.07. The minimum Gasteiger partial charge on any atom is -0.390 e. The number of nitro groups is 2. The predicted molar refractivity (Wildman–Crippen MR) is 107 cm³/mol. The van der Waals surface area contributed by atoms with Crippen LogP contribution in [0, 0.1) is 20.2 Å². The summed E-state index contributed by atoms with van der Waals surface area (Å²) in [4.78, 5) is 42.4. The first-order valence-electron chi connectivity index (χ1n) is 8.86. The Balaban J connectivity index is 1.69. The van der Waals surface area contributed by atoms with Crippen molar-refractivity contribution >= 4 is 46.3 Å². The second-order valence-corrected chi connectivity index (χ2v) is 10.7. The lowest BCUT2D eigenvalue weighted by molar-refractivity contribution is -0.422. The first-order valence-corrected chi connectivity index (χ1v) is 12.9. The second-order valence-electron chi connectivity index (χ2n) is 6.63. The third kappa shape index (κ3) is 6.47. The van der Waals surface area contributed by atoms with E-state index < -0.39 is 70.2 Å². The van der Waals surface area contributed by atoms with E-state index in [1.165, 1.54) is 4.57 Å². The van der Waals surface area contributed by atoms with Crippen LogP contribution < -0.4 is 0 Å². The molecule has 3 rings (SSSR count). The zero-order valence-corrected chi connectivity index (χ0v) is 19.4. The maximum Gasteiger partial charge on any atom is 0.708 e. The van der Waals surface area contributed by atoms with Crippen LogP contribution in [0.25, 0.3) is 11.0 Å². The monoisotopic (exact) mass is 563 g/mol. The number of nitro benzene ring substituents is 2. The van der Waals surface area contributed by atoms with Gasteiger partial charge in [-0.05, 0) is 4.31 Å². The molecule has 23 heteroatoms. The van der Waals surface area contributed by atoms with E-state index in [0.29, 0.717) is 0 Å². The number of hydrogen-bond acceptors (Lipinski definition) is 15. The van der Waals surface area contributed by atoms with E-state index in [1.807, 2.05) is 0 Å². The van der Waals surface area contributed by atoms with Gasteiger partial charge in [-0.25, -0.2) is 19.4 Å². The molecule has 3 unspecified atom stereocenters. The number of benzene rings is 1. The van der Waals surface area contributed by atoms with Gasteiger partial charge in [-0.3, -0.25) is 25.1 Å². The smallest absolute Gasteiger partial charge is 0.390 e. The first kappa shape index (κ1) is 27.3. The van der Waals surface area contributed by atoms with Crippen molar-refractivity contribution in [2.24, 2.45) is 0 Å². The van der Waals surface area contributed by atoms with Crippen molar-refractivity contribution in [2.75, 3.05) is 6.61 Å². The number of hydrogen-bond donors (Lipinski definition) is 4. The summed E-state index contributed by atoms with van der Waals surface area (Å²) >= 11 is 0. The van der Waals surface area contributed by atoms with Crippen molar-refractivity contribution in [1.82, 2.24) is 9.55 Å². The maximum atomic E-state index is 11.7.